The van der Waals surface area contributed by atoms with E-state index >= 15 is 0 Å². The summed E-state index contributed by atoms with van der Waals surface area (Å²) in [7, 11) is -2.93. The van der Waals surface area contributed by atoms with Gasteiger partial charge in [0.05, 0.1) is 41.1 Å². The summed E-state index contributed by atoms with van der Waals surface area (Å²) < 4.78 is 38.2. The van der Waals surface area contributed by atoms with Crippen molar-refractivity contribution in [3.8, 4) is 5.75 Å². The van der Waals surface area contributed by atoms with Crippen molar-refractivity contribution in [1.29, 1.82) is 0 Å². The highest BCUT2D eigenvalue weighted by atomic mass is 35.5. The van der Waals surface area contributed by atoms with Crippen molar-refractivity contribution in [2.24, 2.45) is 0 Å². The standard InChI is InChI=1S/C18H18Cl2N2O7S/c1-3-29-18(23)10-15(11-5-4-6-12(7-11)22(24)25)21-30(26,27)17-9-13(19)16(28-2)8-14(17)20/h4-9,15,21H,3,10H2,1-2H3/t15-/m0/s1. The number of nitrogens with zero attached hydrogens (tertiary/aromatic N) is 1. The second-order valence-electron chi connectivity index (χ2n) is 5.95. The summed E-state index contributed by atoms with van der Waals surface area (Å²) in [5, 5.41) is 10.9. The van der Waals surface area contributed by atoms with Crippen LogP contribution in [0.4, 0.5) is 5.69 Å². The minimum absolute atomic E-state index is 0.0135. The Kier molecular flexibility index (Phi) is 8.02. The van der Waals surface area contributed by atoms with E-state index in [1.807, 2.05) is 0 Å². The molecule has 0 aromatic heterocycles. The van der Waals surface area contributed by atoms with Gasteiger partial charge in [-0.2, -0.15) is 0 Å². The summed E-state index contributed by atoms with van der Waals surface area (Å²) in [6.07, 6.45) is -0.393. The van der Waals surface area contributed by atoms with E-state index in [1.54, 1.807) is 6.92 Å². The predicted octanol–water partition coefficient (Wildman–Crippen LogP) is 3.88. The first kappa shape index (κ1) is 23.9. The number of ether oxygens (including phenoxy) is 2. The molecule has 0 aliphatic heterocycles. The van der Waals surface area contributed by atoms with Crippen molar-refractivity contribution in [3.05, 3.63) is 62.1 Å². The molecule has 0 saturated carbocycles. The zero-order valence-corrected chi connectivity index (χ0v) is 18.3. The number of carbonyl (C=O) groups is 1. The Bertz CT molecular complexity index is 1060. The third-order valence-corrected chi connectivity index (χ3v) is 6.18. The van der Waals surface area contributed by atoms with Crippen LogP contribution in [0.5, 0.6) is 5.75 Å². The van der Waals surface area contributed by atoms with Gasteiger partial charge < -0.3 is 9.47 Å². The zero-order chi connectivity index (χ0) is 22.5. The Hall–Kier alpha value is -2.40. The SMILES string of the molecule is CCOC(=O)C[C@H](NS(=O)(=O)c1cc(Cl)c(OC)cc1Cl)c1cccc([N+](=O)[O-])c1. The van der Waals surface area contributed by atoms with Gasteiger partial charge in [-0.15, -0.1) is 0 Å². The van der Waals surface area contributed by atoms with E-state index in [-0.39, 0.29) is 38.5 Å². The lowest BCUT2D eigenvalue weighted by atomic mass is 10.0. The molecule has 162 valence electrons. The maximum atomic E-state index is 13.0. The number of methoxy groups -OCH3 is 1. The number of nitrogens with one attached hydrogen (secondary N) is 1. The molecule has 9 nitrogen and oxygen atoms in total. The highest BCUT2D eigenvalue weighted by molar-refractivity contribution is 7.89. The van der Waals surface area contributed by atoms with E-state index in [0.29, 0.717) is 0 Å². The number of sulfonamides is 1. The third-order valence-electron chi connectivity index (χ3n) is 3.95. The van der Waals surface area contributed by atoms with Crippen LogP contribution in [0, 0.1) is 10.1 Å². The number of nitro groups is 1. The van der Waals surface area contributed by atoms with Crippen LogP contribution in [-0.4, -0.2) is 33.0 Å². The fourth-order valence-corrected chi connectivity index (χ4v) is 4.67. The van der Waals surface area contributed by atoms with E-state index in [9.17, 15) is 23.3 Å². The van der Waals surface area contributed by atoms with Crippen LogP contribution in [-0.2, 0) is 19.6 Å². The molecule has 0 aliphatic rings. The van der Waals surface area contributed by atoms with Crippen LogP contribution in [0.1, 0.15) is 24.9 Å². The highest BCUT2D eigenvalue weighted by Gasteiger charge is 2.28. The molecule has 2 aromatic rings. The van der Waals surface area contributed by atoms with Gasteiger partial charge in [-0.25, -0.2) is 13.1 Å². The first-order valence-corrected chi connectivity index (χ1v) is 10.8. The quantitative estimate of drug-likeness (QED) is 0.330. The summed E-state index contributed by atoms with van der Waals surface area (Å²) in [6, 6.07) is 6.48. The predicted molar refractivity (Wildman–Crippen MR) is 110 cm³/mol. The summed E-state index contributed by atoms with van der Waals surface area (Å²) in [6.45, 7) is 1.69. The molecule has 0 unspecified atom stereocenters. The number of hydrogen-bond acceptors (Lipinski definition) is 7. The molecule has 0 bridgehead atoms. The van der Waals surface area contributed by atoms with Crippen molar-refractivity contribution in [3.63, 3.8) is 0 Å². The number of non-ortho nitro benzene ring substituents is 1. The topological polar surface area (TPSA) is 125 Å². The van der Waals surface area contributed by atoms with Gasteiger partial charge >= 0.3 is 5.97 Å². The van der Waals surface area contributed by atoms with E-state index in [2.05, 4.69) is 4.72 Å². The van der Waals surface area contributed by atoms with Crippen LogP contribution in [0.2, 0.25) is 10.0 Å². The average molecular weight is 477 g/mol. The van der Waals surface area contributed by atoms with E-state index in [0.717, 1.165) is 6.07 Å². The van der Waals surface area contributed by atoms with Crippen molar-refractivity contribution in [1.82, 2.24) is 4.72 Å². The van der Waals surface area contributed by atoms with Crippen LogP contribution < -0.4 is 9.46 Å². The van der Waals surface area contributed by atoms with Gasteiger partial charge in [0.2, 0.25) is 10.0 Å². The Balaban J connectivity index is 2.47. The lowest BCUT2D eigenvalue weighted by molar-refractivity contribution is -0.384. The van der Waals surface area contributed by atoms with Gasteiger partial charge in [-0.1, -0.05) is 35.3 Å². The molecule has 0 spiro atoms. The Labute approximate surface area is 183 Å². The summed E-state index contributed by atoms with van der Waals surface area (Å²) >= 11 is 12.1. The molecule has 12 heteroatoms. The van der Waals surface area contributed by atoms with Crippen molar-refractivity contribution in [2.45, 2.75) is 24.3 Å². The van der Waals surface area contributed by atoms with Gasteiger partial charge in [0, 0.05) is 18.2 Å². The maximum absolute atomic E-state index is 13.0. The molecular weight excluding hydrogens is 459 g/mol. The zero-order valence-electron chi connectivity index (χ0n) is 15.9. The van der Waals surface area contributed by atoms with Gasteiger partial charge in [-0.3, -0.25) is 14.9 Å². The van der Waals surface area contributed by atoms with E-state index < -0.39 is 33.4 Å². The number of halogens is 2. The van der Waals surface area contributed by atoms with E-state index in [1.165, 1.54) is 37.4 Å². The van der Waals surface area contributed by atoms with E-state index in [4.69, 9.17) is 32.7 Å². The minimum Gasteiger partial charge on any atom is -0.495 e. The molecule has 0 heterocycles. The van der Waals surface area contributed by atoms with Crippen LogP contribution in [0.15, 0.2) is 41.3 Å². The number of carbonyl (C=O) groups excluding carboxylic acids is 1. The Morgan fingerprint density at radius 3 is 2.53 bits per heavy atom. The van der Waals surface area contributed by atoms with Crippen LogP contribution in [0.3, 0.4) is 0 Å². The van der Waals surface area contributed by atoms with Crippen LogP contribution in [0.25, 0.3) is 0 Å². The highest BCUT2D eigenvalue weighted by Crippen LogP contribution is 2.34. The molecule has 2 rings (SSSR count). The number of nitro benzene ring substituents is 1. The lowest BCUT2D eigenvalue weighted by Crippen LogP contribution is -2.31. The Morgan fingerprint density at radius 1 is 1.23 bits per heavy atom. The number of rotatable bonds is 9. The van der Waals surface area contributed by atoms with Gasteiger partial charge in [0.15, 0.2) is 0 Å². The smallest absolute Gasteiger partial charge is 0.307 e. The van der Waals surface area contributed by atoms with Crippen LogP contribution >= 0.6 is 23.2 Å². The summed E-state index contributed by atoms with van der Waals surface area (Å²) in [4.78, 5) is 22.1. The van der Waals surface area contributed by atoms with Gasteiger partial charge in [-0.05, 0) is 18.6 Å². The monoisotopic (exact) mass is 476 g/mol. The average Bonchev–Trinajstić information content (AvgIpc) is 2.68. The maximum Gasteiger partial charge on any atom is 0.307 e. The summed E-state index contributed by atoms with van der Waals surface area (Å²) in [5.74, 6) is -0.502. The molecule has 0 amide bonds. The second kappa shape index (κ2) is 10.1. The molecule has 2 aromatic carbocycles. The summed E-state index contributed by atoms with van der Waals surface area (Å²) in [5.41, 5.74) is -0.0531. The van der Waals surface area contributed by atoms with Crippen molar-refractivity contribution < 1.29 is 27.6 Å². The molecule has 0 radical (unpaired) electrons. The molecule has 1 N–H and O–H groups in total. The van der Waals surface area contributed by atoms with Crippen molar-refractivity contribution in [2.75, 3.05) is 13.7 Å². The first-order valence-electron chi connectivity index (χ1n) is 8.54. The number of hydrogen-bond donors (Lipinski definition) is 1. The second-order valence-corrected chi connectivity index (χ2v) is 8.45. The largest absolute Gasteiger partial charge is 0.495 e. The Morgan fingerprint density at radius 2 is 1.93 bits per heavy atom. The van der Waals surface area contributed by atoms with Gasteiger partial charge in [0.1, 0.15) is 10.6 Å². The fraction of sp³-hybridized carbons (Fsp3) is 0.278. The molecular formula is C18H18Cl2N2O7S. The molecule has 0 saturated heterocycles. The first-order chi connectivity index (χ1) is 14.1. The van der Waals surface area contributed by atoms with Gasteiger partial charge in [0.25, 0.3) is 5.69 Å². The third kappa shape index (κ3) is 5.82. The fourth-order valence-electron chi connectivity index (χ4n) is 2.59. The normalized spacial score (nSPS) is 12.3. The lowest BCUT2D eigenvalue weighted by Gasteiger charge is -2.19. The number of esters is 1. The molecule has 30 heavy (non-hydrogen) atoms. The molecule has 0 aliphatic carbocycles. The minimum atomic E-state index is -4.28. The van der Waals surface area contributed by atoms with Crippen molar-refractivity contribution >= 4 is 44.9 Å². The molecule has 0 fully saturated rings. The molecule has 1 atom stereocenters. The number of benzene rings is 2.